The lowest BCUT2D eigenvalue weighted by Gasteiger charge is -2.45. The molecule has 9 heteroatoms. The van der Waals surface area contributed by atoms with Gasteiger partial charge in [0.1, 0.15) is 0 Å². The molecule has 0 saturated heterocycles. The third-order valence-corrected chi connectivity index (χ3v) is 18.6. The van der Waals surface area contributed by atoms with Gasteiger partial charge in [0.15, 0.2) is 16.5 Å². The van der Waals surface area contributed by atoms with E-state index in [0.717, 1.165) is 3.64 Å². The second-order valence-corrected chi connectivity index (χ2v) is 18.2. The van der Waals surface area contributed by atoms with Gasteiger partial charge in [-0.15, -0.1) is 0 Å². The fourth-order valence-electron chi connectivity index (χ4n) is 3.33. The van der Waals surface area contributed by atoms with Crippen LogP contribution in [0.5, 0.6) is 0 Å². The molecule has 0 aromatic heterocycles. The zero-order valence-electron chi connectivity index (χ0n) is 15.1. The minimum Gasteiger partial charge on any atom is -0.230 e. The third kappa shape index (κ3) is 3.66. The third-order valence-electron chi connectivity index (χ3n) is 4.51. The summed E-state index contributed by atoms with van der Waals surface area (Å²) in [6.07, 6.45) is 0. The Hall–Kier alpha value is -1.43. The highest BCUT2D eigenvalue weighted by Gasteiger charge is 2.59. The summed E-state index contributed by atoms with van der Waals surface area (Å²) in [4.78, 5) is 0. The first-order chi connectivity index (χ1) is 11.8. The number of nitrogens with zero attached hydrogens (tertiary/aromatic N) is 1. The first-order valence-electron chi connectivity index (χ1n) is 8.06. The van der Waals surface area contributed by atoms with Crippen LogP contribution in [0.2, 0.25) is 26.2 Å². The summed E-state index contributed by atoms with van der Waals surface area (Å²) >= 11 is 0. The van der Waals surface area contributed by atoms with E-state index in [-0.39, 0.29) is 0 Å². The van der Waals surface area contributed by atoms with Crippen LogP contribution in [-0.2, 0) is 10.0 Å². The van der Waals surface area contributed by atoms with Gasteiger partial charge in [0.2, 0.25) is 0 Å². The Balaban J connectivity index is 2.77. The van der Waals surface area contributed by atoms with Gasteiger partial charge in [0, 0.05) is 0 Å². The highest BCUT2D eigenvalue weighted by Crippen LogP contribution is 2.34. The number of rotatable bonds is 5. The average molecular weight is 418 g/mol. The van der Waals surface area contributed by atoms with Crippen LogP contribution in [0.1, 0.15) is 0 Å². The maximum Gasteiger partial charge on any atom is 0.510 e. The van der Waals surface area contributed by atoms with Gasteiger partial charge in [-0.3, -0.25) is 0 Å². The molecule has 0 aliphatic heterocycles. The van der Waals surface area contributed by atoms with Crippen molar-refractivity contribution in [2.24, 2.45) is 0 Å². The molecule has 0 aliphatic rings. The fourth-order valence-corrected chi connectivity index (χ4v) is 18.4. The lowest BCUT2D eigenvalue weighted by Crippen LogP contribution is -2.74. The molecule has 0 bridgehead atoms. The molecule has 0 aliphatic carbocycles. The highest BCUT2D eigenvalue weighted by atomic mass is 32.2. The van der Waals surface area contributed by atoms with E-state index in [1.807, 2.05) is 0 Å². The minimum absolute atomic E-state index is 0.643. The predicted octanol–water partition coefficient (Wildman–Crippen LogP) is 3.36. The second kappa shape index (κ2) is 6.95. The van der Waals surface area contributed by atoms with Crippen LogP contribution in [0.4, 0.5) is 13.2 Å². The second-order valence-electron chi connectivity index (χ2n) is 7.07. The van der Waals surface area contributed by atoms with E-state index in [0.29, 0.717) is 10.4 Å². The topological polar surface area (TPSA) is 37.4 Å². The summed E-state index contributed by atoms with van der Waals surface area (Å²) in [6, 6.07) is 17.2. The van der Waals surface area contributed by atoms with Crippen molar-refractivity contribution in [2.45, 2.75) is 31.7 Å². The van der Waals surface area contributed by atoms with Crippen molar-refractivity contribution in [3.8, 4) is 0 Å². The van der Waals surface area contributed by atoms with Crippen LogP contribution in [-0.4, -0.2) is 34.0 Å². The monoisotopic (exact) mass is 417 g/mol. The van der Waals surface area contributed by atoms with Crippen LogP contribution in [0, 0.1) is 0 Å². The van der Waals surface area contributed by atoms with Crippen molar-refractivity contribution in [3.05, 3.63) is 60.7 Å². The molecule has 0 unspecified atom stereocenters. The quantitative estimate of drug-likeness (QED) is 0.700. The molecule has 2 aromatic rings. The molecule has 142 valence electrons. The molecule has 2 aromatic carbocycles. The maximum atomic E-state index is 13.6. The maximum absolute atomic E-state index is 13.6. The largest absolute Gasteiger partial charge is 0.510 e. The number of benzene rings is 2. The summed E-state index contributed by atoms with van der Waals surface area (Å²) in [5, 5.41) is 1.29. The summed E-state index contributed by atoms with van der Waals surface area (Å²) in [7, 11) is -11.9. The van der Waals surface area contributed by atoms with Crippen LogP contribution in [0.15, 0.2) is 60.7 Å². The molecular formula is C17H22F3NO2SSi2. The lowest BCUT2D eigenvalue weighted by molar-refractivity contribution is -0.0459. The summed E-state index contributed by atoms with van der Waals surface area (Å²) in [6.45, 7) is 6.62. The fraction of sp³-hybridized carbons (Fsp3) is 0.294. The van der Waals surface area contributed by atoms with E-state index in [4.69, 9.17) is 0 Å². The Morgan fingerprint density at radius 2 is 1.04 bits per heavy atom. The van der Waals surface area contributed by atoms with Gasteiger partial charge in [-0.05, 0) is 10.4 Å². The summed E-state index contributed by atoms with van der Waals surface area (Å²) < 4.78 is 66.9. The summed E-state index contributed by atoms with van der Waals surface area (Å²) in [5.74, 6) is 0. The molecule has 0 saturated carbocycles. The van der Waals surface area contributed by atoms with Gasteiger partial charge >= 0.3 is 15.5 Å². The molecule has 26 heavy (non-hydrogen) atoms. The average Bonchev–Trinajstić information content (AvgIpc) is 2.54. The van der Waals surface area contributed by atoms with Gasteiger partial charge < -0.3 is 0 Å². The number of hydrogen-bond acceptors (Lipinski definition) is 2. The first-order valence-corrected chi connectivity index (χ1v) is 15.4. The molecule has 0 radical (unpaired) electrons. The van der Waals surface area contributed by atoms with Crippen molar-refractivity contribution in [2.75, 3.05) is 0 Å². The molecule has 0 amide bonds. The molecule has 0 spiro atoms. The lowest BCUT2D eigenvalue weighted by atomic mass is 10.4. The van der Waals surface area contributed by atoms with Crippen molar-refractivity contribution in [1.29, 1.82) is 0 Å². The first kappa shape index (κ1) is 20.9. The van der Waals surface area contributed by atoms with E-state index in [1.54, 1.807) is 86.9 Å². The van der Waals surface area contributed by atoms with Gasteiger partial charge in [0.25, 0.3) is 0 Å². The predicted molar refractivity (Wildman–Crippen MR) is 104 cm³/mol. The van der Waals surface area contributed by atoms with Gasteiger partial charge in [-0.1, -0.05) is 86.9 Å². The van der Waals surface area contributed by atoms with Crippen molar-refractivity contribution in [3.63, 3.8) is 0 Å². The van der Waals surface area contributed by atoms with Gasteiger partial charge in [-0.2, -0.15) is 13.2 Å². The Labute approximate surface area is 154 Å². The Morgan fingerprint density at radius 1 is 0.731 bits per heavy atom. The smallest absolute Gasteiger partial charge is 0.230 e. The van der Waals surface area contributed by atoms with Crippen molar-refractivity contribution < 1.29 is 21.6 Å². The number of hydrogen-bond donors (Lipinski definition) is 0. The molecular weight excluding hydrogens is 395 g/mol. The Bertz CT molecular complexity index is 803. The summed E-state index contributed by atoms with van der Waals surface area (Å²) in [5.41, 5.74) is -5.34. The number of halogens is 3. The van der Waals surface area contributed by atoms with Crippen LogP contribution in [0.3, 0.4) is 0 Å². The highest BCUT2D eigenvalue weighted by molar-refractivity contribution is 7.93. The van der Waals surface area contributed by atoms with E-state index in [2.05, 4.69) is 0 Å². The number of alkyl halides is 3. The molecule has 2 rings (SSSR count). The molecule has 0 heterocycles. The van der Waals surface area contributed by atoms with E-state index < -0.39 is 32.0 Å². The minimum atomic E-state index is -5.49. The van der Waals surface area contributed by atoms with E-state index in [1.165, 1.54) is 0 Å². The van der Waals surface area contributed by atoms with Gasteiger partial charge in [-0.25, -0.2) is 12.1 Å². The van der Waals surface area contributed by atoms with E-state index >= 15 is 0 Å². The standard InChI is InChI=1S/C17H22F3NO2SSi2/c1-25(2,15-11-7-5-8-12-15)21(24(22,23)17(18,19)20)26(3,4)16-13-9-6-10-14-16/h5-14H,1-4H3. The normalized spacial score (nSPS) is 13.8. The molecule has 0 N–H and O–H groups in total. The van der Waals surface area contributed by atoms with Crippen LogP contribution < -0.4 is 10.4 Å². The Morgan fingerprint density at radius 3 is 1.31 bits per heavy atom. The number of sulfonamides is 1. The molecule has 3 nitrogen and oxygen atoms in total. The Kier molecular flexibility index (Phi) is 5.58. The zero-order valence-corrected chi connectivity index (χ0v) is 17.9. The van der Waals surface area contributed by atoms with Crippen molar-refractivity contribution >= 4 is 36.9 Å². The van der Waals surface area contributed by atoms with E-state index in [9.17, 15) is 21.6 Å². The SMILES string of the molecule is C[Si](C)(c1ccccc1)N([Si](C)(C)c1ccccc1)S(=O)(=O)C(F)(F)F. The van der Waals surface area contributed by atoms with Crippen LogP contribution in [0.25, 0.3) is 0 Å². The van der Waals surface area contributed by atoms with Gasteiger partial charge in [0.05, 0.1) is 0 Å². The molecule has 0 atom stereocenters. The van der Waals surface area contributed by atoms with Crippen LogP contribution >= 0.6 is 0 Å². The van der Waals surface area contributed by atoms with Crippen molar-refractivity contribution in [1.82, 2.24) is 3.64 Å². The zero-order chi connectivity index (χ0) is 19.8. The molecule has 0 fully saturated rings.